The van der Waals surface area contributed by atoms with E-state index in [1.165, 1.54) is 12.1 Å². The SMILES string of the molecule is CCS(=O)(=O)CC(C)NC(=O)c1ccc(-c2ccc(OC)cc2)cc1F. The van der Waals surface area contributed by atoms with Gasteiger partial charge < -0.3 is 10.1 Å². The van der Waals surface area contributed by atoms with E-state index in [0.29, 0.717) is 11.3 Å². The van der Waals surface area contributed by atoms with Gasteiger partial charge in [0, 0.05) is 11.8 Å². The topological polar surface area (TPSA) is 72.5 Å². The van der Waals surface area contributed by atoms with Crippen LogP contribution in [-0.4, -0.2) is 39.0 Å². The van der Waals surface area contributed by atoms with E-state index < -0.39 is 27.6 Å². The number of methoxy groups -OCH3 is 1. The average Bonchev–Trinajstić information content (AvgIpc) is 2.61. The molecule has 2 aromatic carbocycles. The quantitative estimate of drug-likeness (QED) is 0.803. The van der Waals surface area contributed by atoms with E-state index in [4.69, 9.17) is 4.74 Å². The smallest absolute Gasteiger partial charge is 0.254 e. The fourth-order valence-electron chi connectivity index (χ4n) is 2.50. The van der Waals surface area contributed by atoms with Crippen molar-refractivity contribution in [3.05, 3.63) is 53.8 Å². The number of benzene rings is 2. The molecular weight excluding hydrogens is 357 g/mol. The Hall–Kier alpha value is -2.41. The molecule has 2 aromatic rings. The summed E-state index contributed by atoms with van der Waals surface area (Å²) in [4.78, 5) is 12.2. The molecule has 0 fully saturated rings. The van der Waals surface area contributed by atoms with Gasteiger partial charge in [-0.3, -0.25) is 4.79 Å². The lowest BCUT2D eigenvalue weighted by Gasteiger charge is -2.14. The highest BCUT2D eigenvalue weighted by Crippen LogP contribution is 2.24. The Kier molecular flexibility index (Phi) is 6.37. The molecular formula is C19H22FNO4S. The van der Waals surface area contributed by atoms with Crippen LogP contribution in [0.1, 0.15) is 24.2 Å². The van der Waals surface area contributed by atoms with Crippen LogP contribution in [0.3, 0.4) is 0 Å². The van der Waals surface area contributed by atoms with E-state index >= 15 is 0 Å². The molecule has 0 saturated heterocycles. The maximum Gasteiger partial charge on any atom is 0.254 e. The van der Waals surface area contributed by atoms with Crippen LogP contribution in [0, 0.1) is 5.82 Å². The molecule has 0 bridgehead atoms. The summed E-state index contributed by atoms with van der Waals surface area (Å²) < 4.78 is 42.7. The number of ether oxygens (including phenoxy) is 1. The molecule has 1 N–H and O–H groups in total. The Bertz CT molecular complexity index is 879. The first-order chi connectivity index (χ1) is 12.3. The molecule has 0 saturated carbocycles. The van der Waals surface area contributed by atoms with Crippen molar-refractivity contribution in [1.82, 2.24) is 5.32 Å². The second kappa shape index (κ2) is 8.31. The molecule has 0 aliphatic heterocycles. The maximum absolute atomic E-state index is 14.4. The van der Waals surface area contributed by atoms with E-state index in [1.807, 2.05) is 0 Å². The van der Waals surface area contributed by atoms with Gasteiger partial charge in [0.15, 0.2) is 9.84 Å². The van der Waals surface area contributed by atoms with Gasteiger partial charge in [-0.2, -0.15) is 0 Å². The lowest BCUT2D eigenvalue weighted by molar-refractivity contribution is 0.0939. The van der Waals surface area contributed by atoms with Crippen LogP contribution in [0.2, 0.25) is 0 Å². The van der Waals surface area contributed by atoms with Crippen molar-refractivity contribution in [2.75, 3.05) is 18.6 Å². The van der Waals surface area contributed by atoms with Gasteiger partial charge in [-0.1, -0.05) is 25.1 Å². The minimum atomic E-state index is -3.22. The molecule has 0 heterocycles. The largest absolute Gasteiger partial charge is 0.497 e. The Labute approximate surface area is 153 Å². The lowest BCUT2D eigenvalue weighted by atomic mass is 10.0. The van der Waals surface area contributed by atoms with Crippen LogP contribution in [0.25, 0.3) is 11.1 Å². The van der Waals surface area contributed by atoms with Crippen LogP contribution in [0.4, 0.5) is 4.39 Å². The first-order valence-electron chi connectivity index (χ1n) is 8.21. The van der Waals surface area contributed by atoms with Gasteiger partial charge in [-0.05, 0) is 42.3 Å². The number of hydrogen-bond donors (Lipinski definition) is 1. The zero-order valence-electron chi connectivity index (χ0n) is 15.0. The molecule has 0 radical (unpaired) electrons. The molecule has 0 aliphatic rings. The van der Waals surface area contributed by atoms with Crippen LogP contribution in [0.5, 0.6) is 5.75 Å². The molecule has 1 amide bonds. The second-order valence-electron chi connectivity index (χ2n) is 6.00. The van der Waals surface area contributed by atoms with Crippen LogP contribution in [0.15, 0.2) is 42.5 Å². The highest BCUT2D eigenvalue weighted by molar-refractivity contribution is 7.91. The Morgan fingerprint density at radius 1 is 1.15 bits per heavy atom. The number of nitrogens with one attached hydrogen (secondary N) is 1. The lowest BCUT2D eigenvalue weighted by Crippen LogP contribution is -2.38. The normalized spacial score (nSPS) is 12.5. The number of carbonyl (C=O) groups excluding carboxylic acids is 1. The number of halogens is 1. The van der Waals surface area contributed by atoms with E-state index in [-0.39, 0.29) is 17.1 Å². The van der Waals surface area contributed by atoms with Crippen molar-refractivity contribution < 1.29 is 22.3 Å². The van der Waals surface area contributed by atoms with Gasteiger partial charge >= 0.3 is 0 Å². The van der Waals surface area contributed by atoms with Crippen molar-refractivity contribution in [2.45, 2.75) is 19.9 Å². The molecule has 0 aliphatic carbocycles. The Balaban J connectivity index is 2.14. The standard InChI is InChI=1S/C19H22FNO4S/c1-4-26(23,24)12-13(2)21-19(22)17-10-7-15(11-18(17)20)14-5-8-16(25-3)9-6-14/h5-11,13H,4,12H2,1-3H3,(H,21,22). The molecule has 26 heavy (non-hydrogen) atoms. The molecule has 0 aromatic heterocycles. The number of carbonyl (C=O) groups is 1. The van der Waals surface area contributed by atoms with Crippen molar-refractivity contribution in [3.8, 4) is 16.9 Å². The van der Waals surface area contributed by atoms with Crippen molar-refractivity contribution in [1.29, 1.82) is 0 Å². The average molecular weight is 379 g/mol. The van der Waals surface area contributed by atoms with Crippen molar-refractivity contribution in [3.63, 3.8) is 0 Å². The van der Waals surface area contributed by atoms with E-state index in [0.717, 1.165) is 5.56 Å². The number of rotatable bonds is 7. The van der Waals surface area contributed by atoms with Gasteiger partial charge in [0.05, 0.1) is 18.4 Å². The van der Waals surface area contributed by atoms with Gasteiger partial charge in [0.1, 0.15) is 11.6 Å². The zero-order chi connectivity index (χ0) is 19.3. The third-order valence-corrected chi connectivity index (χ3v) is 5.85. The molecule has 2 rings (SSSR count). The highest BCUT2D eigenvalue weighted by Gasteiger charge is 2.19. The fraction of sp³-hybridized carbons (Fsp3) is 0.316. The maximum atomic E-state index is 14.4. The van der Waals surface area contributed by atoms with Gasteiger partial charge in [0.2, 0.25) is 0 Å². The first-order valence-corrected chi connectivity index (χ1v) is 10.0. The summed E-state index contributed by atoms with van der Waals surface area (Å²) in [6.45, 7) is 3.12. The number of amides is 1. The van der Waals surface area contributed by atoms with Crippen LogP contribution in [-0.2, 0) is 9.84 Å². The number of hydrogen-bond acceptors (Lipinski definition) is 4. The summed E-state index contributed by atoms with van der Waals surface area (Å²) in [5, 5.41) is 2.53. The summed E-state index contributed by atoms with van der Waals surface area (Å²) in [6, 6.07) is 10.8. The highest BCUT2D eigenvalue weighted by atomic mass is 32.2. The summed E-state index contributed by atoms with van der Waals surface area (Å²) in [5.41, 5.74) is 1.30. The minimum absolute atomic E-state index is 0.00186. The first kappa shape index (κ1) is 19.9. The molecule has 0 spiro atoms. The van der Waals surface area contributed by atoms with Crippen molar-refractivity contribution in [2.24, 2.45) is 0 Å². The summed E-state index contributed by atoms with van der Waals surface area (Å²) in [5.74, 6) is -0.788. The molecule has 1 atom stereocenters. The summed E-state index contributed by atoms with van der Waals surface area (Å²) in [6.07, 6.45) is 0. The summed E-state index contributed by atoms with van der Waals surface area (Å²) in [7, 11) is -1.66. The Morgan fingerprint density at radius 2 is 1.77 bits per heavy atom. The van der Waals surface area contributed by atoms with Crippen LogP contribution >= 0.6 is 0 Å². The Morgan fingerprint density at radius 3 is 2.31 bits per heavy atom. The second-order valence-corrected chi connectivity index (χ2v) is 8.39. The zero-order valence-corrected chi connectivity index (χ0v) is 15.8. The third-order valence-electron chi connectivity index (χ3n) is 3.96. The number of sulfone groups is 1. The molecule has 7 heteroatoms. The van der Waals surface area contributed by atoms with E-state index in [9.17, 15) is 17.6 Å². The van der Waals surface area contributed by atoms with Gasteiger partial charge in [0.25, 0.3) is 5.91 Å². The third kappa shape index (κ3) is 5.05. The molecule has 140 valence electrons. The van der Waals surface area contributed by atoms with Gasteiger partial charge in [-0.25, -0.2) is 12.8 Å². The van der Waals surface area contributed by atoms with E-state index in [2.05, 4.69) is 5.32 Å². The molecule has 5 nitrogen and oxygen atoms in total. The summed E-state index contributed by atoms with van der Waals surface area (Å²) >= 11 is 0. The molecule has 1 unspecified atom stereocenters. The minimum Gasteiger partial charge on any atom is -0.497 e. The van der Waals surface area contributed by atoms with E-state index in [1.54, 1.807) is 51.3 Å². The van der Waals surface area contributed by atoms with Gasteiger partial charge in [-0.15, -0.1) is 0 Å². The predicted octanol–water partition coefficient (Wildman–Crippen LogP) is 3.05. The fourth-order valence-corrected chi connectivity index (χ4v) is 3.59. The predicted molar refractivity (Wildman–Crippen MR) is 99.6 cm³/mol. The van der Waals surface area contributed by atoms with Crippen LogP contribution < -0.4 is 10.1 Å². The van der Waals surface area contributed by atoms with Crippen molar-refractivity contribution >= 4 is 15.7 Å². The monoisotopic (exact) mass is 379 g/mol.